The molecule has 1 nitrogen and oxygen atoms in total. The van der Waals surface area contributed by atoms with E-state index < -0.39 is 8.07 Å². The monoisotopic (exact) mass is 286 g/mol. The molecule has 2 heteroatoms. The van der Waals surface area contributed by atoms with Crippen LogP contribution < -0.4 is 5.19 Å². The predicted octanol–water partition coefficient (Wildman–Crippen LogP) is 4.16. The summed E-state index contributed by atoms with van der Waals surface area (Å²) in [6.45, 7) is 10.9. The first-order valence-electron chi connectivity index (χ1n) is 7.65. The maximum Gasteiger partial charge on any atom is 0.133 e. The van der Waals surface area contributed by atoms with Crippen LogP contribution in [0.3, 0.4) is 0 Å². The van der Waals surface area contributed by atoms with Gasteiger partial charge in [0.25, 0.3) is 0 Å². The van der Waals surface area contributed by atoms with Gasteiger partial charge in [-0.3, -0.25) is 4.79 Å². The second kappa shape index (κ2) is 6.09. The average molecular weight is 286 g/mol. The van der Waals surface area contributed by atoms with Gasteiger partial charge in [-0.2, -0.15) is 0 Å². The van der Waals surface area contributed by atoms with Crippen molar-refractivity contribution >= 4 is 19.0 Å². The van der Waals surface area contributed by atoms with Gasteiger partial charge in [-0.25, -0.2) is 0 Å². The van der Waals surface area contributed by atoms with Gasteiger partial charge >= 0.3 is 0 Å². The third kappa shape index (κ3) is 3.29. The number of carbonyl (C=O) groups is 1. The van der Waals surface area contributed by atoms with E-state index in [0.29, 0.717) is 11.7 Å². The lowest BCUT2D eigenvalue weighted by Gasteiger charge is -2.28. The van der Waals surface area contributed by atoms with Crippen LogP contribution in [0.25, 0.3) is 0 Å². The molecule has 0 bridgehead atoms. The Morgan fingerprint density at radius 1 is 1.20 bits per heavy atom. The van der Waals surface area contributed by atoms with Gasteiger partial charge < -0.3 is 0 Å². The van der Waals surface area contributed by atoms with E-state index in [-0.39, 0.29) is 5.92 Å². The van der Waals surface area contributed by atoms with E-state index in [9.17, 15) is 4.79 Å². The van der Waals surface area contributed by atoms with Crippen molar-refractivity contribution in [2.45, 2.75) is 45.3 Å². The van der Waals surface area contributed by atoms with Crippen LogP contribution in [-0.4, -0.2) is 13.9 Å². The fraction of sp³-hybridized carbons (Fsp3) is 0.500. The highest BCUT2D eigenvalue weighted by Gasteiger charge is 2.35. The third-order valence-corrected chi connectivity index (χ3v) is 8.02. The summed E-state index contributed by atoms with van der Waals surface area (Å²) in [6.07, 6.45) is 3.40. The van der Waals surface area contributed by atoms with E-state index in [1.54, 1.807) is 6.92 Å². The normalized spacial score (nSPS) is 22.8. The van der Waals surface area contributed by atoms with Crippen molar-refractivity contribution in [1.29, 1.82) is 0 Å². The molecule has 0 radical (unpaired) electrons. The Balaban J connectivity index is 2.09. The maximum absolute atomic E-state index is 11.8. The first-order chi connectivity index (χ1) is 9.42. The molecule has 1 aromatic carbocycles. The first-order valence-corrected chi connectivity index (χ1v) is 10.9. The molecule has 1 aliphatic carbocycles. The number of hydrogen-bond acceptors (Lipinski definition) is 1. The van der Waals surface area contributed by atoms with E-state index in [1.165, 1.54) is 17.2 Å². The van der Waals surface area contributed by atoms with Gasteiger partial charge in [-0.1, -0.05) is 67.2 Å². The molecule has 0 aromatic heterocycles. The molecule has 0 heterocycles. The quantitative estimate of drug-likeness (QED) is 0.586. The summed E-state index contributed by atoms with van der Waals surface area (Å²) in [5, 5.41) is 1.48. The van der Waals surface area contributed by atoms with Gasteiger partial charge in [0.05, 0.1) is 8.07 Å². The molecular weight excluding hydrogens is 260 g/mol. The average Bonchev–Trinajstić information content (AvgIpc) is 2.88. The summed E-state index contributed by atoms with van der Waals surface area (Å²) in [6, 6.07) is 11.9. The molecule has 1 aliphatic rings. The molecular formula is C18H26OSi. The number of benzene rings is 1. The Kier molecular flexibility index (Phi) is 4.64. The van der Waals surface area contributed by atoms with Gasteiger partial charge in [0.1, 0.15) is 5.78 Å². The van der Waals surface area contributed by atoms with Crippen molar-refractivity contribution in [3.8, 4) is 0 Å². The minimum absolute atomic E-state index is 0.239. The summed E-state index contributed by atoms with van der Waals surface area (Å²) >= 11 is 0. The molecule has 0 unspecified atom stereocenters. The molecule has 0 saturated heterocycles. The summed E-state index contributed by atoms with van der Waals surface area (Å²) in [5.74, 6) is 1.03. The largest absolute Gasteiger partial charge is 0.300 e. The summed E-state index contributed by atoms with van der Waals surface area (Å²) in [4.78, 5) is 11.8. The standard InChI is InChI=1S/C18H26OSi/c1-14(17-11-8-12-18(17)15(2)19)13-20(3,4)16-9-6-5-7-10-16/h5-7,9-10,17-18H,1,8,11-13H2,2-4H3/t17-,18+/m1/s1. The van der Waals surface area contributed by atoms with Crippen LogP contribution in [0, 0.1) is 11.8 Å². The molecule has 2 rings (SSSR count). The van der Waals surface area contributed by atoms with Crippen molar-refractivity contribution in [2.75, 3.05) is 0 Å². The molecule has 0 aliphatic heterocycles. The van der Waals surface area contributed by atoms with Gasteiger partial charge in [0.2, 0.25) is 0 Å². The number of rotatable bonds is 5. The number of allylic oxidation sites excluding steroid dienone is 1. The molecule has 108 valence electrons. The van der Waals surface area contributed by atoms with Crippen LogP contribution in [0.5, 0.6) is 0 Å². The smallest absolute Gasteiger partial charge is 0.133 e. The first kappa shape index (κ1) is 15.2. The molecule has 1 aromatic rings. The van der Waals surface area contributed by atoms with E-state index in [4.69, 9.17) is 0 Å². The van der Waals surface area contributed by atoms with Crippen molar-refractivity contribution in [1.82, 2.24) is 0 Å². The van der Waals surface area contributed by atoms with E-state index >= 15 is 0 Å². The SMILES string of the molecule is C=C(C[Si](C)(C)c1ccccc1)[C@H]1CCC[C@H]1C(C)=O. The van der Waals surface area contributed by atoms with Crippen molar-refractivity contribution in [3.05, 3.63) is 42.5 Å². The number of Topliss-reactive ketones (excluding diaryl/α,β-unsaturated/α-hetero) is 1. The second-order valence-electron chi connectivity index (χ2n) is 6.84. The molecule has 0 N–H and O–H groups in total. The number of carbonyl (C=O) groups excluding carboxylic acids is 1. The van der Waals surface area contributed by atoms with Crippen LogP contribution in [0.15, 0.2) is 42.5 Å². The lowest BCUT2D eigenvalue weighted by molar-refractivity contribution is -0.121. The topological polar surface area (TPSA) is 17.1 Å². The fourth-order valence-corrected chi connectivity index (χ4v) is 6.32. The van der Waals surface area contributed by atoms with Crippen LogP contribution in [0.1, 0.15) is 26.2 Å². The van der Waals surface area contributed by atoms with E-state index in [1.807, 2.05) is 0 Å². The lowest BCUT2D eigenvalue weighted by atomic mass is 9.88. The highest BCUT2D eigenvalue weighted by Crippen LogP contribution is 2.39. The molecule has 1 fully saturated rings. The van der Waals surface area contributed by atoms with Crippen LogP contribution >= 0.6 is 0 Å². The van der Waals surface area contributed by atoms with Gasteiger partial charge in [0, 0.05) is 5.92 Å². The number of ketones is 1. The Morgan fingerprint density at radius 2 is 1.80 bits per heavy atom. The van der Waals surface area contributed by atoms with E-state index in [2.05, 4.69) is 50.0 Å². The Morgan fingerprint density at radius 3 is 2.40 bits per heavy atom. The fourth-order valence-electron chi connectivity index (χ4n) is 3.63. The number of hydrogen-bond donors (Lipinski definition) is 0. The maximum atomic E-state index is 11.8. The van der Waals surface area contributed by atoms with Crippen molar-refractivity contribution in [2.24, 2.45) is 11.8 Å². The Labute approximate surface area is 124 Å². The molecule has 0 amide bonds. The summed E-state index contributed by atoms with van der Waals surface area (Å²) < 4.78 is 0. The second-order valence-corrected chi connectivity index (χ2v) is 11.5. The van der Waals surface area contributed by atoms with Crippen LogP contribution in [0.2, 0.25) is 19.1 Å². The molecule has 20 heavy (non-hydrogen) atoms. The van der Waals surface area contributed by atoms with Gasteiger partial charge in [-0.05, 0) is 31.7 Å². The van der Waals surface area contributed by atoms with Crippen molar-refractivity contribution in [3.63, 3.8) is 0 Å². The zero-order chi connectivity index (χ0) is 14.8. The minimum Gasteiger partial charge on any atom is -0.300 e. The zero-order valence-corrected chi connectivity index (χ0v) is 14.0. The Hall–Kier alpha value is -1.15. The molecule has 0 spiro atoms. The zero-order valence-electron chi connectivity index (χ0n) is 13.0. The van der Waals surface area contributed by atoms with Gasteiger partial charge in [-0.15, -0.1) is 0 Å². The highest BCUT2D eigenvalue weighted by atomic mass is 28.3. The van der Waals surface area contributed by atoms with E-state index in [0.717, 1.165) is 18.9 Å². The van der Waals surface area contributed by atoms with Gasteiger partial charge in [0.15, 0.2) is 0 Å². The highest BCUT2D eigenvalue weighted by molar-refractivity contribution is 6.90. The minimum atomic E-state index is -1.49. The predicted molar refractivity (Wildman–Crippen MR) is 89.0 cm³/mol. The third-order valence-electron chi connectivity index (χ3n) is 4.79. The van der Waals surface area contributed by atoms with Crippen LogP contribution in [-0.2, 0) is 4.79 Å². The summed E-state index contributed by atoms with van der Waals surface area (Å²) in [7, 11) is -1.49. The Bertz CT molecular complexity index is 489. The van der Waals surface area contributed by atoms with Crippen molar-refractivity contribution < 1.29 is 4.79 Å². The molecule has 1 saturated carbocycles. The summed E-state index contributed by atoms with van der Waals surface area (Å²) in [5.41, 5.74) is 1.32. The van der Waals surface area contributed by atoms with Crippen LogP contribution in [0.4, 0.5) is 0 Å². The molecule has 2 atom stereocenters. The lowest BCUT2D eigenvalue weighted by Crippen LogP contribution is -2.42.